The topological polar surface area (TPSA) is 30.7 Å². The SMILES string of the molecule is C#CC.CSc1cnccc1-c1nc2cc(C(F)(F)F)ccc2n1C. The number of halogens is 3. The van der Waals surface area contributed by atoms with Gasteiger partial charge in [-0.1, -0.05) is 0 Å². The van der Waals surface area contributed by atoms with E-state index in [0.29, 0.717) is 16.9 Å². The Morgan fingerprint density at radius 3 is 2.52 bits per heavy atom. The molecule has 0 fully saturated rings. The number of alkyl halides is 3. The number of hydrogen-bond acceptors (Lipinski definition) is 3. The van der Waals surface area contributed by atoms with Crippen molar-refractivity contribution in [1.29, 1.82) is 0 Å². The molecule has 130 valence electrons. The van der Waals surface area contributed by atoms with Crippen molar-refractivity contribution >= 4 is 22.8 Å². The molecule has 0 unspecified atom stereocenters. The van der Waals surface area contributed by atoms with E-state index in [1.807, 2.05) is 12.3 Å². The van der Waals surface area contributed by atoms with Gasteiger partial charge in [0.25, 0.3) is 0 Å². The lowest BCUT2D eigenvalue weighted by Gasteiger charge is -2.07. The number of terminal acetylenes is 1. The van der Waals surface area contributed by atoms with Crippen LogP contribution in [0.3, 0.4) is 0 Å². The van der Waals surface area contributed by atoms with Crippen molar-refractivity contribution in [2.45, 2.75) is 18.0 Å². The lowest BCUT2D eigenvalue weighted by Crippen LogP contribution is -2.04. The first-order valence-corrected chi connectivity index (χ1v) is 8.45. The van der Waals surface area contributed by atoms with Gasteiger partial charge in [-0.05, 0) is 37.4 Å². The largest absolute Gasteiger partial charge is 0.416 e. The van der Waals surface area contributed by atoms with E-state index in [-0.39, 0.29) is 0 Å². The van der Waals surface area contributed by atoms with Crippen molar-refractivity contribution in [1.82, 2.24) is 14.5 Å². The summed E-state index contributed by atoms with van der Waals surface area (Å²) in [6.45, 7) is 1.65. The van der Waals surface area contributed by atoms with Gasteiger partial charge < -0.3 is 4.57 Å². The number of fused-ring (bicyclic) bond motifs is 1. The molecule has 0 bridgehead atoms. The molecule has 2 aromatic heterocycles. The second-order valence-corrected chi connectivity index (χ2v) is 5.91. The Hall–Kier alpha value is -2.46. The maximum atomic E-state index is 12.8. The van der Waals surface area contributed by atoms with Crippen molar-refractivity contribution in [3.8, 4) is 23.7 Å². The Kier molecular flexibility index (Phi) is 5.75. The van der Waals surface area contributed by atoms with Crippen LogP contribution in [-0.4, -0.2) is 20.8 Å². The van der Waals surface area contributed by atoms with Gasteiger partial charge in [0.15, 0.2) is 0 Å². The minimum absolute atomic E-state index is 0.330. The van der Waals surface area contributed by atoms with E-state index < -0.39 is 11.7 Å². The monoisotopic (exact) mass is 363 g/mol. The minimum Gasteiger partial charge on any atom is -0.327 e. The first-order valence-electron chi connectivity index (χ1n) is 7.22. The zero-order valence-corrected chi connectivity index (χ0v) is 14.7. The standard InChI is InChI=1S/C15H12F3N3S.C3H4/c1-21-12-4-3-9(15(16,17)18)7-11(12)20-14(21)10-5-6-19-8-13(10)22-2;1-3-2/h3-8H,1-2H3;1H,2H3. The van der Waals surface area contributed by atoms with Crippen molar-refractivity contribution in [2.75, 3.05) is 6.26 Å². The molecule has 0 saturated carbocycles. The number of hydrogen-bond donors (Lipinski definition) is 0. The minimum atomic E-state index is -4.37. The summed E-state index contributed by atoms with van der Waals surface area (Å²) in [4.78, 5) is 9.38. The second kappa shape index (κ2) is 7.62. The summed E-state index contributed by atoms with van der Waals surface area (Å²) in [5.41, 5.74) is 1.15. The number of imidazole rings is 1. The number of nitrogens with zero attached hydrogens (tertiary/aromatic N) is 3. The Morgan fingerprint density at radius 1 is 1.24 bits per heavy atom. The highest BCUT2D eigenvalue weighted by molar-refractivity contribution is 7.98. The number of thioether (sulfide) groups is 1. The molecule has 0 spiro atoms. The number of aryl methyl sites for hydroxylation is 1. The van der Waals surface area contributed by atoms with Crippen LogP contribution >= 0.6 is 11.8 Å². The molecular weight excluding hydrogens is 347 g/mol. The molecule has 0 aliphatic rings. The molecule has 0 amide bonds. The van der Waals surface area contributed by atoms with E-state index in [9.17, 15) is 13.2 Å². The number of rotatable bonds is 2. The average Bonchev–Trinajstić information content (AvgIpc) is 2.91. The van der Waals surface area contributed by atoms with Gasteiger partial charge in [-0.15, -0.1) is 24.1 Å². The average molecular weight is 363 g/mol. The quantitative estimate of drug-likeness (QED) is 0.473. The third-order valence-corrected chi connectivity index (χ3v) is 4.22. The molecule has 3 nitrogen and oxygen atoms in total. The van der Waals surface area contributed by atoms with Gasteiger partial charge in [-0.3, -0.25) is 4.98 Å². The van der Waals surface area contributed by atoms with Crippen molar-refractivity contribution in [3.05, 3.63) is 42.2 Å². The summed E-state index contributed by atoms with van der Waals surface area (Å²) in [7, 11) is 1.79. The molecule has 3 rings (SSSR count). The molecule has 0 radical (unpaired) electrons. The molecule has 7 heteroatoms. The fourth-order valence-corrected chi connectivity index (χ4v) is 2.89. The first-order chi connectivity index (χ1) is 11.8. The van der Waals surface area contributed by atoms with Gasteiger partial charge in [0, 0.05) is 29.9 Å². The summed E-state index contributed by atoms with van der Waals surface area (Å²) >= 11 is 1.52. The predicted molar refractivity (Wildman–Crippen MR) is 95.2 cm³/mol. The van der Waals surface area contributed by atoms with Gasteiger partial charge in [0.05, 0.1) is 16.6 Å². The normalized spacial score (nSPS) is 10.9. The van der Waals surface area contributed by atoms with E-state index in [4.69, 9.17) is 0 Å². The highest BCUT2D eigenvalue weighted by Gasteiger charge is 2.31. The highest BCUT2D eigenvalue weighted by Crippen LogP contribution is 2.34. The van der Waals surface area contributed by atoms with E-state index in [2.05, 4.69) is 22.3 Å². The Balaban J connectivity index is 0.000000701. The zero-order valence-electron chi connectivity index (χ0n) is 13.9. The van der Waals surface area contributed by atoms with Crippen LogP contribution in [0.4, 0.5) is 13.2 Å². The van der Waals surface area contributed by atoms with E-state index in [0.717, 1.165) is 22.6 Å². The van der Waals surface area contributed by atoms with E-state index in [1.54, 1.807) is 30.9 Å². The van der Waals surface area contributed by atoms with Crippen molar-refractivity contribution < 1.29 is 13.2 Å². The second-order valence-electron chi connectivity index (χ2n) is 5.06. The summed E-state index contributed by atoms with van der Waals surface area (Å²) in [5.74, 6) is 2.88. The molecule has 2 heterocycles. The summed E-state index contributed by atoms with van der Waals surface area (Å²) in [5, 5.41) is 0. The lowest BCUT2D eigenvalue weighted by molar-refractivity contribution is -0.137. The zero-order chi connectivity index (χ0) is 18.6. The van der Waals surface area contributed by atoms with Crippen LogP contribution in [0.25, 0.3) is 22.4 Å². The van der Waals surface area contributed by atoms with Gasteiger partial charge in [0.2, 0.25) is 0 Å². The fourth-order valence-electron chi connectivity index (χ4n) is 2.34. The summed E-state index contributed by atoms with van der Waals surface area (Å²) in [6, 6.07) is 5.43. The van der Waals surface area contributed by atoms with Gasteiger partial charge >= 0.3 is 6.18 Å². The summed E-state index contributed by atoms with van der Waals surface area (Å²) < 4.78 is 40.3. The molecule has 1 aromatic carbocycles. The predicted octanol–water partition coefficient (Wildman–Crippen LogP) is 5.02. The molecule has 0 saturated heterocycles. The van der Waals surface area contributed by atoms with Crippen LogP contribution in [0.2, 0.25) is 0 Å². The summed E-state index contributed by atoms with van der Waals surface area (Å²) in [6.07, 6.45) is 5.52. The smallest absolute Gasteiger partial charge is 0.327 e. The van der Waals surface area contributed by atoms with Crippen molar-refractivity contribution in [3.63, 3.8) is 0 Å². The van der Waals surface area contributed by atoms with Gasteiger partial charge in [-0.25, -0.2) is 4.98 Å². The Bertz CT molecular complexity index is 923. The third kappa shape index (κ3) is 3.97. The van der Waals surface area contributed by atoms with Crippen molar-refractivity contribution in [2.24, 2.45) is 7.05 Å². The van der Waals surface area contributed by atoms with Crippen LogP contribution < -0.4 is 0 Å². The fraction of sp³-hybridized carbons (Fsp3) is 0.222. The Morgan fingerprint density at radius 2 is 1.92 bits per heavy atom. The van der Waals surface area contributed by atoms with Crippen LogP contribution in [-0.2, 0) is 13.2 Å². The molecule has 0 aliphatic carbocycles. The van der Waals surface area contributed by atoms with Gasteiger partial charge in [-0.2, -0.15) is 13.2 Å². The maximum Gasteiger partial charge on any atom is 0.416 e. The number of aromatic nitrogens is 3. The van der Waals surface area contributed by atoms with Crippen LogP contribution in [0.15, 0.2) is 41.6 Å². The van der Waals surface area contributed by atoms with Crippen LogP contribution in [0.5, 0.6) is 0 Å². The molecular formula is C18H16F3N3S. The molecule has 25 heavy (non-hydrogen) atoms. The molecule has 0 atom stereocenters. The molecule has 0 aliphatic heterocycles. The lowest BCUT2D eigenvalue weighted by atomic mass is 10.2. The van der Waals surface area contributed by atoms with E-state index in [1.165, 1.54) is 17.8 Å². The molecule has 0 N–H and O–H groups in total. The molecule has 3 aromatic rings. The maximum absolute atomic E-state index is 12.8. The Labute approximate surface area is 148 Å². The third-order valence-electron chi connectivity index (χ3n) is 3.45. The van der Waals surface area contributed by atoms with E-state index >= 15 is 0 Å². The van der Waals surface area contributed by atoms with Gasteiger partial charge in [0.1, 0.15) is 5.82 Å². The number of benzene rings is 1. The van der Waals surface area contributed by atoms with Crippen LogP contribution in [0.1, 0.15) is 12.5 Å². The first kappa shape index (κ1) is 18.9. The number of pyridine rings is 1. The van der Waals surface area contributed by atoms with Crippen LogP contribution in [0, 0.1) is 12.3 Å². The highest BCUT2D eigenvalue weighted by atomic mass is 32.2.